The van der Waals surface area contributed by atoms with E-state index in [1.54, 1.807) is 13.8 Å². The van der Waals surface area contributed by atoms with Crippen molar-refractivity contribution in [1.29, 1.82) is 0 Å². The maximum atomic E-state index is 11.5. The van der Waals surface area contributed by atoms with E-state index in [0.29, 0.717) is 0 Å². The van der Waals surface area contributed by atoms with Crippen LogP contribution < -0.4 is 10.6 Å². The van der Waals surface area contributed by atoms with Crippen molar-refractivity contribution >= 4 is 34.8 Å². The third-order valence-electron chi connectivity index (χ3n) is 2.03. The molecule has 2 amide bonds. The zero-order chi connectivity index (χ0) is 14.6. The van der Waals surface area contributed by atoms with Gasteiger partial charge < -0.3 is 10.6 Å². The highest BCUT2D eigenvalue weighted by molar-refractivity contribution is 6.41. The normalized spacial score (nSPS) is 10.1. The SMILES string of the molecule is CC(C)NC(=O)C(=O)Nc1cc([N+](=O)[O-])ccc1Cl. The Morgan fingerprint density at radius 2 is 1.95 bits per heavy atom. The zero-order valence-corrected chi connectivity index (χ0v) is 11.0. The van der Waals surface area contributed by atoms with Crippen LogP contribution in [0.1, 0.15) is 13.8 Å². The van der Waals surface area contributed by atoms with Crippen LogP contribution in [0, 0.1) is 10.1 Å². The summed E-state index contributed by atoms with van der Waals surface area (Å²) in [6.45, 7) is 3.40. The van der Waals surface area contributed by atoms with Crippen LogP contribution in [-0.4, -0.2) is 22.8 Å². The Labute approximate surface area is 114 Å². The average molecular weight is 286 g/mol. The van der Waals surface area contributed by atoms with Crippen LogP contribution in [0.15, 0.2) is 18.2 Å². The molecule has 0 bridgehead atoms. The van der Waals surface area contributed by atoms with E-state index in [0.717, 1.165) is 6.07 Å². The van der Waals surface area contributed by atoms with Crippen LogP contribution in [-0.2, 0) is 9.59 Å². The Morgan fingerprint density at radius 1 is 1.32 bits per heavy atom. The molecule has 0 atom stereocenters. The summed E-state index contributed by atoms with van der Waals surface area (Å²) in [5.41, 5.74) is -0.219. The molecular weight excluding hydrogens is 274 g/mol. The topological polar surface area (TPSA) is 101 Å². The fraction of sp³-hybridized carbons (Fsp3) is 0.273. The number of rotatable bonds is 3. The molecule has 0 aliphatic rings. The number of hydrogen-bond donors (Lipinski definition) is 2. The van der Waals surface area contributed by atoms with E-state index in [1.165, 1.54) is 12.1 Å². The highest BCUT2D eigenvalue weighted by Crippen LogP contribution is 2.26. The Kier molecular flexibility index (Phi) is 4.82. The molecule has 0 heterocycles. The number of carbonyl (C=O) groups excluding carboxylic acids is 2. The summed E-state index contributed by atoms with van der Waals surface area (Å²) in [6, 6.07) is 3.36. The first kappa shape index (κ1) is 14.9. The fourth-order valence-corrected chi connectivity index (χ4v) is 1.39. The minimum atomic E-state index is -0.934. The van der Waals surface area contributed by atoms with E-state index in [9.17, 15) is 19.7 Å². The summed E-state index contributed by atoms with van der Waals surface area (Å²) in [5, 5.41) is 15.3. The standard InChI is InChI=1S/C11H12ClN3O4/c1-6(2)13-10(16)11(17)14-9-5-7(15(18)19)3-4-8(9)12/h3-6H,1-2H3,(H,13,16)(H,14,17). The Hall–Kier alpha value is -2.15. The molecule has 0 fully saturated rings. The third-order valence-corrected chi connectivity index (χ3v) is 2.36. The number of carbonyl (C=O) groups is 2. The molecule has 8 heteroatoms. The van der Waals surface area contributed by atoms with E-state index in [-0.39, 0.29) is 22.4 Å². The largest absolute Gasteiger partial charge is 0.346 e. The van der Waals surface area contributed by atoms with Crippen molar-refractivity contribution in [3.05, 3.63) is 33.3 Å². The van der Waals surface area contributed by atoms with Crippen molar-refractivity contribution < 1.29 is 14.5 Å². The Morgan fingerprint density at radius 3 is 2.47 bits per heavy atom. The van der Waals surface area contributed by atoms with Crippen molar-refractivity contribution in [2.75, 3.05) is 5.32 Å². The van der Waals surface area contributed by atoms with Crippen molar-refractivity contribution in [2.45, 2.75) is 19.9 Å². The van der Waals surface area contributed by atoms with Crippen LogP contribution in [0.2, 0.25) is 5.02 Å². The molecule has 0 saturated carbocycles. The first-order chi connectivity index (χ1) is 8.81. The van der Waals surface area contributed by atoms with E-state index in [4.69, 9.17) is 11.6 Å². The minimum absolute atomic E-state index is 0.0137. The van der Waals surface area contributed by atoms with Gasteiger partial charge in [-0.3, -0.25) is 19.7 Å². The van der Waals surface area contributed by atoms with Crippen molar-refractivity contribution in [3.63, 3.8) is 0 Å². The van der Waals surface area contributed by atoms with Crippen LogP contribution >= 0.6 is 11.6 Å². The zero-order valence-electron chi connectivity index (χ0n) is 10.3. The molecule has 2 N–H and O–H groups in total. The Bertz CT molecular complexity index is 531. The smallest absolute Gasteiger partial charge is 0.313 e. The number of amides is 2. The second kappa shape index (κ2) is 6.14. The lowest BCUT2D eigenvalue weighted by Crippen LogP contribution is -2.39. The van der Waals surface area contributed by atoms with Gasteiger partial charge in [-0.05, 0) is 19.9 Å². The molecule has 0 saturated heterocycles. The van der Waals surface area contributed by atoms with Crippen molar-refractivity contribution in [3.8, 4) is 0 Å². The number of non-ortho nitro benzene ring substituents is 1. The lowest BCUT2D eigenvalue weighted by molar-refractivity contribution is -0.384. The third kappa shape index (κ3) is 4.22. The first-order valence-corrected chi connectivity index (χ1v) is 5.75. The van der Waals surface area contributed by atoms with Crippen LogP contribution in [0.25, 0.3) is 0 Å². The maximum absolute atomic E-state index is 11.5. The van der Waals surface area contributed by atoms with Gasteiger partial charge >= 0.3 is 11.8 Å². The summed E-state index contributed by atoms with van der Waals surface area (Å²) in [5.74, 6) is -1.77. The van der Waals surface area contributed by atoms with Gasteiger partial charge in [0.1, 0.15) is 0 Å². The number of nitro groups is 1. The van der Waals surface area contributed by atoms with Crippen LogP contribution in [0.3, 0.4) is 0 Å². The van der Waals surface area contributed by atoms with Gasteiger partial charge in [0.25, 0.3) is 5.69 Å². The quantitative estimate of drug-likeness (QED) is 0.501. The highest BCUT2D eigenvalue weighted by Gasteiger charge is 2.17. The summed E-state index contributed by atoms with van der Waals surface area (Å²) in [7, 11) is 0. The van der Waals surface area contributed by atoms with E-state index in [1.807, 2.05) is 0 Å². The number of nitrogens with zero attached hydrogens (tertiary/aromatic N) is 1. The van der Waals surface area contributed by atoms with Gasteiger partial charge in [-0.25, -0.2) is 0 Å². The van der Waals surface area contributed by atoms with Gasteiger partial charge in [-0.1, -0.05) is 11.6 Å². The lowest BCUT2D eigenvalue weighted by Gasteiger charge is -2.09. The van der Waals surface area contributed by atoms with Crippen LogP contribution in [0.4, 0.5) is 11.4 Å². The average Bonchev–Trinajstić information content (AvgIpc) is 2.30. The first-order valence-electron chi connectivity index (χ1n) is 5.37. The molecule has 7 nitrogen and oxygen atoms in total. The number of anilines is 1. The predicted octanol–water partition coefficient (Wildman–Crippen LogP) is 1.71. The van der Waals surface area contributed by atoms with E-state index in [2.05, 4.69) is 10.6 Å². The van der Waals surface area contributed by atoms with Gasteiger partial charge in [0.05, 0.1) is 15.6 Å². The second-order valence-electron chi connectivity index (χ2n) is 4.00. The molecule has 102 valence electrons. The van der Waals surface area contributed by atoms with E-state index < -0.39 is 16.7 Å². The number of hydrogen-bond acceptors (Lipinski definition) is 4. The summed E-state index contributed by atoms with van der Waals surface area (Å²) >= 11 is 5.79. The predicted molar refractivity (Wildman–Crippen MR) is 70.0 cm³/mol. The lowest BCUT2D eigenvalue weighted by atomic mass is 10.2. The highest BCUT2D eigenvalue weighted by atomic mass is 35.5. The summed E-state index contributed by atoms with van der Waals surface area (Å²) in [6.07, 6.45) is 0. The number of halogens is 1. The fourth-order valence-electron chi connectivity index (χ4n) is 1.23. The molecule has 1 aromatic rings. The molecule has 0 spiro atoms. The van der Waals surface area contributed by atoms with Gasteiger partial charge in [0, 0.05) is 18.2 Å². The van der Waals surface area contributed by atoms with Gasteiger partial charge in [0.15, 0.2) is 0 Å². The minimum Gasteiger partial charge on any atom is -0.346 e. The number of benzene rings is 1. The van der Waals surface area contributed by atoms with Gasteiger partial charge in [0.2, 0.25) is 0 Å². The van der Waals surface area contributed by atoms with E-state index >= 15 is 0 Å². The monoisotopic (exact) mass is 285 g/mol. The van der Waals surface area contributed by atoms with Crippen LogP contribution in [0.5, 0.6) is 0 Å². The number of nitro benzene ring substituents is 1. The molecule has 0 unspecified atom stereocenters. The maximum Gasteiger partial charge on any atom is 0.313 e. The number of nitrogens with one attached hydrogen (secondary N) is 2. The summed E-state index contributed by atoms with van der Waals surface area (Å²) in [4.78, 5) is 32.9. The molecular formula is C11H12ClN3O4. The molecule has 0 radical (unpaired) electrons. The summed E-state index contributed by atoms with van der Waals surface area (Å²) < 4.78 is 0. The molecule has 0 aliphatic carbocycles. The molecule has 19 heavy (non-hydrogen) atoms. The Balaban J connectivity index is 2.87. The van der Waals surface area contributed by atoms with Gasteiger partial charge in [-0.2, -0.15) is 0 Å². The molecule has 1 rings (SSSR count). The molecule has 1 aromatic carbocycles. The molecule has 0 aromatic heterocycles. The van der Waals surface area contributed by atoms with Gasteiger partial charge in [-0.15, -0.1) is 0 Å². The second-order valence-corrected chi connectivity index (χ2v) is 4.41. The van der Waals surface area contributed by atoms with Crippen molar-refractivity contribution in [1.82, 2.24) is 5.32 Å². The van der Waals surface area contributed by atoms with Crippen molar-refractivity contribution in [2.24, 2.45) is 0 Å². The molecule has 0 aliphatic heterocycles.